The number of halogens is 1. The largest absolute Gasteiger partial charge is 0.336 e. The predicted octanol–water partition coefficient (Wildman–Crippen LogP) is 4.58. The van der Waals surface area contributed by atoms with Crippen LogP contribution in [0.15, 0.2) is 30.3 Å². The molecule has 1 aliphatic heterocycles. The first-order chi connectivity index (χ1) is 11.3. The molecule has 2 atom stereocenters. The van der Waals surface area contributed by atoms with Crippen LogP contribution in [0.25, 0.3) is 0 Å². The lowest BCUT2D eigenvalue weighted by atomic mass is 9.99. The zero-order valence-corrected chi connectivity index (χ0v) is 16.0. The Morgan fingerprint density at radius 1 is 1.29 bits per heavy atom. The van der Waals surface area contributed by atoms with E-state index in [1.54, 1.807) is 0 Å². The molecule has 24 heavy (non-hydrogen) atoms. The molecule has 4 heteroatoms. The third kappa shape index (κ3) is 6.10. The van der Waals surface area contributed by atoms with Crippen molar-refractivity contribution < 1.29 is 4.79 Å². The van der Waals surface area contributed by atoms with Crippen LogP contribution in [0.5, 0.6) is 0 Å². The van der Waals surface area contributed by atoms with Crippen LogP contribution in [0, 0.1) is 5.92 Å². The van der Waals surface area contributed by atoms with Gasteiger partial charge in [0.05, 0.1) is 6.04 Å². The van der Waals surface area contributed by atoms with E-state index in [1.807, 2.05) is 6.07 Å². The summed E-state index contributed by atoms with van der Waals surface area (Å²) in [6.07, 6.45) is 6.13. The van der Waals surface area contributed by atoms with Gasteiger partial charge in [0, 0.05) is 13.0 Å². The van der Waals surface area contributed by atoms with E-state index in [0.29, 0.717) is 18.2 Å². The van der Waals surface area contributed by atoms with Crippen molar-refractivity contribution in [2.45, 2.75) is 58.4 Å². The molecule has 0 aliphatic carbocycles. The monoisotopic (exact) mass is 352 g/mol. The van der Waals surface area contributed by atoms with Crippen LogP contribution in [0.3, 0.4) is 0 Å². The fraction of sp³-hybridized carbons (Fsp3) is 0.650. The highest BCUT2D eigenvalue weighted by Gasteiger charge is 2.24. The van der Waals surface area contributed by atoms with E-state index in [1.165, 1.54) is 12.0 Å². The van der Waals surface area contributed by atoms with Crippen molar-refractivity contribution in [1.29, 1.82) is 0 Å². The number of unbranched alkanes of at least 4 members (excludes halogenated alkanes) is 1. The minimum Gasteiger partial charge on any atom is -0.336 e. The summed E-state index contributed by atoms with van der Waals surface area (Å²) in [6.45, 7) is 7.45. The lowest BCUT2D eigenvalue weighted by Gasteiger charge is -2.32. The van der Waals surface area contributed by atoms with Crippen LogP contribution in [0.4, 0.5) is 0 Å². The Morgan fingerprint density at radius 3 is 2.62 bits per heavy atom. The van der Waals surface area contributed by atoms with Crippen molar-refractivity contribution in [3.05, 3.63) is 35.9 Å². The number of hydrogen-bond acceptors (Lipinski definition) is 2. The third-order valence-corrected chi connectivity index (χ3v) is 4.95. The summed E-state index contributed by atoms with van der Waals surface area (Å²) in [5.74, 6) is 1.02. The van der Waals surface area contributed by atoms with Crippen molar-refractivity contribution in [2.75, 3.05) is 19.6 Å². The standard InChI is InChI=1S/C20H32N2O.ClH/c1-3-5-15-22(19(4-2)18-9-7-6-8-10-18)20(23)12-11-17-13-14-21-16-17;/h6-10,17,19,21H,3-5,11-16H2,1-2H3;1H. The van der Waals surface area contributed by atoms with E-state index in [4.69, 9.17) is 0 Å². The average Bonchev–Trinajstić information content (AvgIpc) is 3.11. The van der Waals surface area contributed by atoms with E-state index < -0.39 is 0 Å². The molecule has 1 aromatic rings. The maximum atomic E-state index is 12.9. The summed E-state index contributed by atoms with van der Waals surface area (Å²) < 4.78 is 0. The molecule has 1 amide bonds. The molecule has 1 heterocycles. The molecular formula is C20H33ClN2O. The summed E-state index contributed by atoms with van der Waals surface area (Å²) >= 11 is 0. The third-order valence-electron chi connectivity index (χ3n) is 4.95. The van der Waals surface area contributed by atoms with Crippen LogP contribution in [0.1, 0.15) is 64.0 Å². The second-order valence-corrected chi connectivity index (χ2v) is 6.67. The Kier molecular flexibility index (Phi) is 10.0. The van der Waals surface area contributed by atoms with Crippen molar-refractivity contribution in [3.8, 4) is 0 Å². The van der Waals surface area contributed by atoms with Gasteiger partial charge in [-0.15, -0.1) is 12.4 Å². The minimum absolute atomic E-state index is 0. The predicted molar refractivity (Wildman–Crippen MR) is 104 cm³/mol. The number of amides is 1. The summed E-state index contributed by atoms with van der Waals surface area (Å²) in [6, 6.07) is 10.7. The van der Waals surface area contributed by atoms with Crippen molar-refractivity contribution in [1.82, 2.24) is 10.2 Å². The van der Waals surface area contributed by atoms with Gasteiger partial charge in [-0.3, -0.25) is 4.79 Å². The van der Waals surface area contributed by atoms with Gasteiger partial charge in [-0.2, -0.15) is 0 Å². The number of hydrogen-bond donors (Lipinski definition) is 1. The fourth-order valence-electron chi connectivity index (χ4n) is 3.53. The Bertz CT molecular complexity index is 460. The Balaban J connectivity index is 0.00000288. The first-order valence-electron chi connectivity index (χ1n) is 9.31. The van der Waals surface area contributed by atoms with Crippen LogP contribution < -0.4 is 5.32 Å². The SMILES string of the molecule is CCCCN(C(=O)CCC1CCNC1)C(CC)c1ccccc1.Cl. The van der Waals surface area contributed by atoms with Gasteiger partial charge in [-0.25, -0.2) is 0 Å². The lowest BCUT2D eigenvalue weighted by molar-refractivity contribution is -0.134. The van der Waals surface area contributed by atoms with E-state index in [-0.39, 0.29) is 18.4 Å². The van der Waals surface area contributed by atoms with Gasteiger partial charge in [0.1, 0.15) is 0 Å². The highest BCUT2D eigenvalue weighted by atomic mass is 35.5. The number of carbonyl (C=O) groups excluding carboxylic acids is 1. The molecular weight excluding hydrogens is 320 g/mol. The second kappa shape index (κ2) is 11.5. The number of carbonyl (C=O) groups is 1. The number of benzene rings is 1. The molecule has 1 aromatic carbocycles. The zero-order valence-electron chi connectivity index (χ0n) is 15.2. The van der Waals surface area contributed by atoms with Crippen LogP contribution in [0.2, 0.25) is 0 Å². The first kappa shape index (κ1) is 21.0. The van der Waals surface area contributed by atoms with E-state index in [0.717, 1.165) is 45.3 Å². The normalized spacial score (nSPS) is 18.0. The van der Waals surface area contributed by atoms with Gasteiger partial charge in [0.2, 0.25) is 5.91 Å². The molecule has 2 unspecified atom stereocenters. The molecule has 0 aromatic heterocycles. The van der Waals surface area contributed by atoms with Crippen molar-refractivity contribution in [3.63, 3.8) is 0 Å². The van der Waals surface area contributed by atoms with E-state index >= 15 is 0 Å². The van der Waals surface area contributed by atoms with Gasteiger partial charge < -0.3 is 10.2 Å². The Hall–Kier alpha value is -1.06. The van der Waals surface area contributed by atoms with Crippen molar-refractivity contribution >= 4 is 18.3 Å². The van der Waals surface area contributed by atoms with E-state index in [2.05, 4.69) is 48.3 Å². The maximum Gasteiger partial charge on any atom is 0.223 e. The van der Waals surface area contributed by atoms with Crippen molar-refractivity contribution in [2.24, 2.45) is 5.92 Å². The molecule has 0 bridgehead atoms. The summed E-state index contributed by atoms with van der Waals surface area (Å²) in [5, 5.41) is 3.39. The van der Waals surface area contributed by atoms with Gasteiger partial charge in [0.15, 0.2) is 0 Å². The molecule has 0 radical (unpaired) electrons. The molecule has 1 N–H and O–H groups in total. The average molecular weight is 353 g/mol. The number of nitrogens with one attached hydrogen (secondary N) is 1. The lowest BCUT2D eigenvalue weighted by Crippen LogP contribution is -2.35. The topological polar surface area (TPSA) is 32.3 Å². The smallest absolute Gasteiger partial charge is 0.223 e. The highest BCUT2D eigenvalue weighted by Crippen LogP contribution is 2.26. The molecule has 136 valence electrons. The van der Waals surface area contributed by atoms with Gasteiger partial charge >= 0.3 is 0 Å². The van der Waals surface area contributed by atoms with Crippen LogP contribution >= 0.6 is 12.4 Å². The van der Waals surface area contributed by atoms with E-state index in [9.17, 15) is 4.79 Å². The molecule has 3 nitrogen and oxygen atoms in total. The molecule has 1 fully saturated rings. The fourth-order valence-corrected chi connectivity index (χ4v) is 3.53. The molecule has 0 spiro atoms. The number of rotatable bonds is 9. The maximum absolute atomic E-state index is 12.9. The first-order valence-corrected chi connectivity index (χ1v) is 9.31. The molecule has 1 saturated heterocycles. The van der Waals surface area contributed by atoms with Crippen LogP contribution in [-0.2, 0) is 4.79 Å². The Labute approximate surface area is 153 Å². The zero-order chi connectivity index (χ0) is 16.5. The summed E-state index contributed by atoms with van der Waals surface area (Å²) in [5.41, 5.74) is 1.27. The quantitative estimate of drug-likeness (QED) is 0.705. The molecule has 1 aliphatic rings. The van der Waals surface area contributed by atoms with Crippen LogP contribution in [-0.4, -0.2) is 30.4 Å². The highest BCUT2D eigenvalue weighted by molar-refractivity contribution is 5.85. The molecule has 2 rings (SSSR count). The summed E-state index contributed by atoms with van der Waals surface area (Å²) in [7, 11) is 0. The second-order valence-electron chi connectivity index (χ2n) is 6.67. The Morgan fingerprint density at radius 2 is 2.04 bits per heavy atom. The van der Waals surface area contributed by atoms with Gasteiger partial charge in [-0.05, 0) is 50.3 Å². The van der Waals surface area contributed by atoms with Gasteiger partial charge in [-0.1, -0.05) is 50.6 Å². The minimum atomic E-state index is 0. The van der Waals surface area contributed by atoms with Gasteiger partial charge in [0.25, 0.3) is 0 Å². The summed E-state index contributed by atoms with van der Waals surface area (Å²) in [4.78, 5) is 15.0. The number of nitrogens with zero attached hydrogens (tertiary/aromatic N) is 1. The molecule has 0 saturated carbocycles.